The Morgan fingerprint density at radius 1 is 0.391 bits per heavy atom. The molecule has 0 radical (unpaired) electrons. The van der Waals surface area contributed by atoms with E-state index in [1.807, 2.05) is 0 Å². The van der Waals surface area contributed by atoms with Gasteiger partial charge < -0.3 is 4.74 Å². The van der Waals surface area contributed by atoms with E-state index in [0.29, 0.717) is 0 Å². The quantitative estimate of drug-likeness (QED) is 0.160. The molecule has 4 aliphatic carbocycles. The summed E-state index contributed by atoms with van der Waals surface area (Å²) in [5.74, 6) is 2.21. The molecular formula is C63H40O. The lowest BCUT2D eigenvalue weighted by molar-refractivity contribution is 0.447. The Bertz CT molecular complexity index is 3710. The maximum absolute atomic E-state index is 7.29. The van der Waals surface area contributed by atoms with Gasteiger partial charge in [-0.2, -0.15) is 0 Å². The van der Waals surface area contributed by atoms with Crippen LogP contribution in [0.3, 0.4) is 0 Å². The first-order valence-corrected chi connectivity index (χ1v) is 22.8. The summed E-state index contributed by atoms with van der Waals surface area (Å²) in [5, 5.41) is 7.31. The van der Waals surface area contributed by atoms with Gasteiger partial charge in [-0.1, -0.05) is 219 Å². The average molecular weight is 813 g/mol. The van der Waals surface area contributed by atoms with Crippen LogP contribution in [-0.4, -0.2) is 0 Å². The number of hydrogen-bond acceptors (Lipinski definition) is 1. The Morgan fingerprint density at radius 2 is 0.906 bits per heavy atom. The Balaban J connectivity index is 0.990. The number of ether oxygens (including phenoxy) is 1. The second kappa shape index (κ2) is 12.2. The van der Waals surface area contributed by atoms with Crippen LogP contribution in [0.15, 0.2) is 218 Å². The van der Waals surface area contributed by atoms with Crippen LogP contribution in [0.2, 0.25) is 0 Å². The molecule has 3 atom stereocenters. The van der Waals surface area contributed by atoms with Gasteiger partial charge in [-0.05, 0) is 99.8 Å². The van der Waals surface area contributed by atoms with E-state index in [9.17, 15) is 0 Å². The summed E-state index contributed by atoms with van der Waals surface area (Å²) < 4.78 is 7.29. The SMILES string of the molecule is CC1C2=C(C=CC1c1ccc3c(c1)C1(c4ccccc4-3)c3ccc4ccccc4c3Oc3c1ccc1ccccc31)c1ccccc1C21c2ccccc2-c2cccc3cccc1c23. The lowest BCUT2D eigenvalue weighted by Gasteiger charge is -2.45. The summed E-state index contributed by atoms with van der Waals surface area (Å²) >= 11 is 0. The van der Waals surface area contributed by atoms with Crippen LogP contribution in [0, 0.1) is 5.92 Å². The highest BCUT2D eigenvalue weighted by atomic mass is 16.5. The van der Waals surface area contributed by atoms with Crippen molar-refractivity contribution in [3.63, 3.8) is 0 Å². The van der Waals surface area contributed by atoms with Crippen molar-refractivity contribution in [1.29, 1.82) is 0 Å². The molecule has 10 aromatic rings. The van der Waals surface area contributed by atoms with Gasteiger partial charge >= 0.3 is 0 Å². The molecule has 3 unspecified atom stereocenters. The maximum Gasteiger partial charge on any atom is 0.140 e. The minimum atomic E-state index is -0.600. The summed E-state index contributed by atoms with van der Waals surface area (Å²) in [6.45, 7) is 2.51. The van der Waals surface area contributed by atoms with Crippen molar-refractivity contribution in [3.8, 4) is 33.8 Å². The summed E-state index contributed by atoms with van der Waals surface area (Å²) in [5.41, 5.74) is 19.0. The molecule has 10 aromatic carbocycles. The minimum Gasteiger partial charge on any atom is -0.455 e. The Kier molecular flexibility index (Phi) is 6.66. The zero-order valence-corrected chi connectivity index (χ0v) is 35.3. The second-order valence-electron chi connectivity index (χ2n) is 18.6. The summed E-state index contributed by atoms with van der Waals surface area (Å²) in [7, 11) is 0. The lowest BCUT2D eigenvalue weighted by atomic mass is 9.57. The van der Waals surface area contributed by atoms with Crippen molar-refractivity contribution >= 4 is 37.9 Å². The Hall–Kier alpha value is -7.74. The first-order valence-electron chi connectivity index (χ1n) is 22.8. The summed E-state index contributed by atoms with van der Waals surface area (Å²) in [6, 6.07) is 75.7. The first-order chi connectivity index (χ1) is 31.7. The lowest BCUT2D eigenvalue weighted by Crippen LogP contribution is -2.36. The van der Waals surface area contributed by atoms with Gasteiger partial charge in [-0.25, -0.2) is 0 Å². The molecule has 0 bridgehead atoms. The predicted octanol–water partition coefficient (Wildman–Crippen LogP) is 15.7. The fraction of sp³-hybridized carbons (Fsp3) is 0.0794. The molecule has 0 N–H and O–H groups in total. The van der Waals surface area contributed by atoms with E-state index in [4.69, 9.17) is 4.74 Å². The molecule has 0 saturated heterocycles. The van der Waals surface area contributed by atoms with Crippen molar-refractivity contribution in [2.24, 2.45) is 5.92 Å². The fourth-order valence-corrected chi connectivity index (χ4v) is 13.5. The van der Waals surface area contributed by atoms with Gasteiger partial charge in [0.2, 0.25) is 0 Å². The third kappa shape index (κ3) is 4.04. The molecule has 0 fully saturated rings. The van der Waals surface area contributed by atoms with Crippen molar-refractivity contribution in [1.82, 2.24) is 0 Å². The topological polar surface area (TPSA) is 9.23 Å². The van der Waals surface area contributed by atoms with E-state index in [-0.39, 0.29) is 11.8 Å². The van der Waals surface area contributed by atoms with Crippen LogP contribution >= 0.6 is 0 Å². The van der Waals surface area contributed by atoms with Crippen molar-refractivity contribution < 1.29 is 4.74 Å². The molecule has 0 amide bonds. The van der Waals surface area contributed by atoms with Gasteiger partial charge in [0.1, 0.15) is 11.5 Å². The highest BCUT2D eigenvalue weighted by Gasteiger charge is 2.55. The highest BCUT2D eigenvalue weighted by Crippen LogP contribution is 2.67. The predicted molar refractivity (Wildman–Crippen MR) is 263 cm³/mol. The number of allylic oxidation sites excluding steroid dienone is 4. The average Bonchev–Trinajstić information content (AvgIpc) is 3.81. The van der Waals surface area contributed by atoms with E-state index >= 15 is 0 Å². The third-order valence-corrected chi connectivity index (χ3v) is 15.9. The van der Waals surface area contributed by atoms with Crippen LogP contribution < -0.4 is 4.74 Å². The van der Waals surface area contributed by atoms with Crippen molar-refractivity contribution in [2.75, 3.05) is 0 Å². The van der Waals surface area contributed by atoms with E-state index in [0.717, 1.165) is 22.3 Å². The Labute approximate surface area is 372 Å². The van der Waals surface area contributed by atoms with E-state index < -0.39 is 10.8 Å². The molecule has 1 heterocycles. The molecule has 0 aromatic heterocycles. The first kappa shape index (κ1) is 34.8. The molecule has 1 aliphatic heterocycles. The standard InChI is InChI=1S/C63H40O/c1-37-42(32-33-50-47-22-8-11-26-53(47)63(59(37)50)52-25-10-7-21-46(52)49-23-12-16-40-17-13-27-54(63)58(40)49)41-28-31-48-45-20-6-9-24-51(45)62(57(48)36-41)55-34-29-38-14-2-4-18-43(38)60(55)64-61-44-19-5-3-15-39(44)30-35-56(61)62/h2-37,42H,1H3. The van der Waals surface area contributed by atoms with Crippen LogP contribution in [0.5, 0.6) is 11.5 Å². The van der Waals surface area contributed by atoms with Gasteiger partial charge in [0.25, 0.3) is 0 Å². The molecule has 64 heavy (non-hydrogen) atoms. The maximum atomic E-state index is 7.29. The molecule has 5 aliphatic rings. The Morgan fingerprint density at radius 3 is 1.61 bits per heavy atom. The van der Waals surface area contributed by atoms with Crippen LogP contribution in [0.1, 0.15) is 62.9 Å². The molecule has 1 heteroatoms. The zero-order valence-electron chi connectivity index (χ0n) is 35.3. The van der Waals surface area contributed by atoms with Crippen molar-refractivity contribution in [2.45, 2.75) is 23.7 Å². The van der Waals surface area contributed by atoms with Gasteiger partial charge in [0.05, 0.1) is 10.8 Å². The zero-order chi connectivity index (χ0) is 41.9. The van der Waals surface area contributed by atoms with Gasteiger partial charge in [0.15, 0.2) is 0 Å². The number of fused-ring (bicyclic) bond motifs is 21. The van der Waals surface area contributed by atoms with E-state index in [1.54, 1.807) is 0 Å². The van der Waals surface area contributed by atoms with Crippen LogP contribution in [0.25, 0.3) is 60.1 Å². The van der Waals surface area contributed by atoms with E-state index in [2.05, 4.69) is 219 Å². The summed E-state index contributed by atoms with van der Waals surface area (Å²) in [4.78, 5) is 0. The smallest absolute Gasteiger partial charge is 0.140 e. The van der Waals surface area contributed by atoms with Gasteiger partial charge in [0, 0.05) is 27.8 Å². The highest BCUT2D eigenvalue weighted by molar-refractivity contribution is 6.08. The molecular weight excluding hydrogens is 773 g/mol. The van der Waals surface area contributed by atoms with Gasteiger partial charge in [-0.15, -0.1) is 0 Å². The minimum absolute atomic E-state index is 0.131. The molecule has 0 saturated carbocycles. The molecule has 1 nitrogen and oxygen atoms in total. The normalized spacial score (nSPS) is 19.8. The fourth-order valence-electron chi connectivity index (χ4n) is 13.5. The van der Waals surface area contributed by atoms with Gasteiger partial charge in [-0.3, -0.25) is 0 Å². The monoisotopic (exact) mass is 812 g/mol. The van der Waals surface area contributed by atoms with Crippen LogP contribution in [0.4, 0.5) is 0 Å². The molecule has 298 valence electrons. The summed E-state index contributed by atoms with van der Waals surface area (Å²) in [6.07, 6.45) is 5.00. The number of hydrogen-bond donors (Lipinski definition) is 0. The van der Waals surface area contributed by atoms with E-state index in [1.165, 1.54) is 105 Å². The number of rotatable bonds is 1. The van der Waals surface area contributed by atoms with Crippen LogP contribution in [-0.2, 0) is 10.8 Å². The largest absolute Gasteiger partial charge is 0.455 e. The molecule has 2 spiro atoms. The second-order valence-corrected chi connectivity index (χ2v) is 18.6. The third-order valence-electron chi connectivity index (χ3n) is 15.9. The van der Waals surface area contributed by atoms with Crippen molar-refractivity contribution in [3.05, 3.63) is 268 Å². The molecule has 15 rings (SSSR count). The number of benzene rings is 10.